The lowest BCUT2D eigenvalue weighted by atomic mass is 9.96. The number of piperidine rings is 1. The predicted octanol–water partition coefficient (Wildman–Crippen LogP) is 3.57. The maximum absolute atomic E-state index is 13.0. The van der Waals surface area contributed by atoms with E-state index in [1.54, 1.807) is 59.8 Å². The van der Waals surface area contributed by atoms with Crippen molar-refractivity contribution in [3.8, 4) is 0 Å². The maximum Gasteiger partial charge on any atom is 0.253 e. The van der Waals surface area contributed by atoms with Crippen molar-refractivity contribution in [2.24, 2.45) is 5.92 Å². The minimum Gasteiger partial charge on any atom is -0.398 e. The molecule has 7 heteroatoms. The number of nitrogens with two attached hydrogens (primary N) is 1. The van der Waals surface area contributed by atoms with E-state index in [4.69, 9.17) is 11.1 Å². The molecule has 3 aromatic rings. The summed E-state index contributed by atoms with van der Waals surface area (Å²) in [6.45, 7) is 1.03. The van der Waals surface area contributed by atoms with Crippen LogP contribution in [0.4, 0.5) is 11.4 Å². The molecular formula is C25H25N5O2. The number of aromatic nitrogens is 1. The molecule has 0 bridgehead atoms. The second kappa shape index (κ2) is 9.43. The number of hydrogen-bond donors (Lipinski definition) is 3. The highest BCUT2D eigenvalue weighted by Crippen LogP contribution is 2.24. The van der Waals surface area contributed by atoms with Gasteiger partial charge in [-0.1, -0.05) is 18.2 Å². The van der Waals surface area contributed by atoms with Crippen LogP contribution in [0.3, 0.4) is 0 Å². The Hall–Kier alpha value is -4.00. The van der Waals surface area contributed by atoms with Crippen LogP contribution in [0.25, 0.3) is 0 Å². The van der Waals surface area contributed by atoms with Gasteiger partial charge in [-0.2, -0.15) is 0 Å². The molecule has 1 unspecified atom stereocenters. The Kier molecular flexibility index (Phi) is 6.26. The van der Waals surface area contributed by atoms with Gasteiger partial charge in [-0.15, -0.1) is 0 Å². The Bertz CT molecular complexity index is 1130. The van der Waals surface area contributed by atoms with E-state index in [1.807, 2.05) is 18.2 Å². The standard InChI is InChI=1S/C25H25N5O2/c26-22-9-8-20(15-21(22)23(27)17-10-12-28-13-11-17)29-24(31)19-7-4-14-30(16-19)25(32)18-5-2-1-3-6-18/h1-3,5-6,8-13,15,19,27H,4,7,14,16,26H2,(H,29,31). The molecule has 4 rings (SSSR count). The van der Waals surface area contributed by atoms with Crippen LogP contribution in [0.2, 0.25) is 0 Å². The highest BCUT2D eigenvalue weighted by molar-refractivity contribution is 6.14. The molecule has 1 aliphatic heterocycles. The zero-order valence-corrected chi connectivity index (χ0v) is 17.6. The number of anilines is 2. The van der Waals surface area contributed by atoms with Gasteiger partial charge in [0, 0.05) is 53.5 Å². The molecule has 32 heavy (non-hydrogen) atoms. The Morgan fingerprint density at radius 2 is 1.78 bits per heavy atom. The third kappa shape index (κ3) is 4.67. The molecule has 4 N–H and O–H groups in total. The number of nitrogens with one attached hydrogen (secondary N) is 2. The van der Waals surface area contributed by atoms with Crippen LogP contribution in [-0.4, -0.2) is 40.5 Å². The first kappa shape index (κ1) is 21.2. The summed E-state index contributed by atoms with van der Waals surface area (Å²) in [5.41, 5.74) is 9.25. The Labute approximate surface area is 186 Å². The van der Waals surface area contributed by atoms with Gasteiger partial charge in [-0.05, 0) is 55.3 Å². The number of likely N-dealkylation sites (tertiary alicyclic amines) is 1. The van der Waals surface area contributed by atoms with Crippen LogP contribution in [0, 0.1) is 11.3 Å². The highest BCUT2D eigenvalue weighted by atomic mass is 16.2. The summed E-state index contributed by atoms with van der Waals surface area (Å²) < 4.78 is 0. The van der Waals surface area contributed by atoms with Crippen molar-refractivity contribution in [2.45, 2.75) is 12.8 Å². The summed E-state index contributed by atoms with van der Waals surface area (Å²) in [7, 11) is 0. The number of rotatable bonds is 5. The molecule has 2 heterocycles. The van der Waals surface area contributed by atoms with Gasteiger partial charge in [0.15, 0.2) is 0 Å². The van der Waals surface area contributed by atoms with Crippen molar-refractivity contribution < 1.29 is 9.59 Å². The number of carbonyl (C=O) groups excluding carboxylic acids is 2. The maximum atomic E-state index is 13.0. The van der Waals surface area contributed by atoms with Crippen molar-refractivity contribution >= 4 is 28.9 Å². The van der Waals surface area contributed by atoms with Gasteiger partial charge < -0.3 is 16.0 Å². The van der Waals surface area contributed by atoms with Gasteiger partial charge in [0.1, 0.15) is 0 Å². The Morgan fingerprint density at radius 3 is 2.53 bits per heavy atom. The molecule has 0 aliphatic carbocycles. The smallest absolute Gasteiger partial charge is 0.253 e. The molecule has 162 valence electrons. The molecule has 0 spiro atoms. The van der Waals surface area contributed by atoms with Crippen LogP contribution in [0.1, 0.15) is 34.3 Å². The minimum atomic E-state index is -0.294. The molecule has 2 aromatic carbocycles. The van der Waals surface area contributed by atoms with Crippen molar-refractivity contribution in [3.05, 3.63) is 89.7 Å². The largest absolute Gasteiger partial charge is 0.398 e. The Balaban J connectivity index is 1.45. The van der Waals surface area contributed by atoms with E-state index in [9.17, 15) is 9.59 Å². The summed E-state index contributed by atoms with van der Waals surface area (Å²) >= 11 is 0. The van der Waals surface area contributed by atoms with Gasteiger partial charge >= 0.3 is 0 Å². The number of nitrogen functional groups attached to an aromatic ring is 1. The first-order chi connectivity index (χ1) is 15.5. The number of carbonyl (C=O) groups is 2. The van der Waals surface area contributed by atoms with E-state index in [2.05, 4.69) is 10.3 Å². The fourth-order valence-corrected chi connectivity index (χ4v) is 3.91. The molecular weight excluding hydrogens is 402 g/mol. The normalized spacial score (nSPS) is 15.8. The molecule has 7 nitrogen and oxygen atoms in total. The van der Waals surface area contributed by atoms with Gasteiger partial charge in [0.05, 0.1) is 11.6 Å². The van der Waals surface area contributed by atoms with Gasteiger partial charge in [-0.3, -0.25) is 20.0 Å². The van der Waals surface area contributed by atoms with Gasteiger partial charge in [-0.25, -0.2) is 0 Å². The summed E-state index contributed by atoms with van der Waals surface area (Å²) in [4.78, 5) is 31.5. The van der Waals surface area contributed by atoms with Crippen LogP contribution >= 0.6 is 0 Å². The van der Waals surface area contributed by atoms with Crippen molar-refractivity contribution in [1.82, 2.24) is 9.88 Å². The van der Waals surface area contributed by atoms with Crippen LogP contribution in [0.15, 0.2) is 73.1 Å². The predicted molar refractivity (Wildman–Crippen MR) is 125 cm³/mol. The number of hydrogen-bond acceptors (Lipinski definition) is 5. The van der Waals surface area contributed by atoms with Crippen LogP contribution in [-0.2, 0) is 4.79 Å². The summed E-state index contributed by atoms with van der Waals surface area (Å²) in [5.74, 6) is -0.484. The van der Waals surface area contributed by atoms with E-state index in [0.717, 1.165) is 12.8 Å². The number of nitrogens with zero attached hydrogens (tertiary/aromatic N) is 2. The van der Waals surface area contributed by atoms with E-state index in [0.29, 0.717) is 41.2 Å². The molecule has 1 aliphatic rings. The van der Waals surface area contributed by atoms with Gasteiger partial charge in [0.2, 0.25) is 5.91 Å². The zero-order valence-electron chi connectivity index (χ0n) is 17.6. The lowest BCUT2D eigenvalue weighted by Crippen LogP contribution is -2.43. The lowest BCUT2D eigenvalue weighted by molar-refractivity contribution is -0.121. The molecule has 2 amide bonds. The summed E-state index contributed by atoms with van der Waals surface area (Å²) in [6.07, 6.45) is 4.74. The summed E-state index contributed by atoms with van der Waals surface area (Å²) in [6, 6.07) is 17.7. The van der Waals surface area contributed by atoms with Crippen molar-refractivity contribution in [1.29, 1.82) is 5.41 Å². The molecule has 1 aromatic heterocycles. The molecule has 1 fully saturated rings. The van der Waals surface area contributed by atoms with Crippen LogP contribution in [0.5, 0.6) is 0 Å². The quantitative estimate of drug-likeness (QED) is 0.427. The average molecular weight is 428 g/mol. The van der Waals surface area contributed by atoms with E-state index < -0.39 is 0 Å². The minimum absolute atomic E-state index is 0.0522. The number of amides is 2. The lowest BCUT2D eigenvalue weighted by Gasteiger charge is -2.32. The topological polar surface area (TPSA) is 112 Å². The average Bonchev–Trinajstić information content (AvgIpc) is 2.85. The fraction of sp³-hybridized carbons (Fsp3) is 0.200. The van der Waals surface area contributed by atoms with E-state index >= 15 is 0 Å². The Morgan fingerprint density at radius 1 is 1.03 bits per heavy atom. The second-order valence-corrected chi connectivity index (χ2v) is 7.86. The second-order valence-electron chi connectivity index (χ2n) is 7.86. The monoisotopic (exact) mass is 427 g/mol. The molecule has 1 atom stereocenters. The third-order valence-electron chi connectivity index (χ3n) is 5.66. The highest BCUT2D eigenvalue weighted by Gasteiger charge is 2.29. The third-order valence-corrected chi connectivity index (χ3v) is 5.66. The zero-order chi connectivity index (χ0) is 22.5. The van der Waals surface area contributed by atoms with Crippen molar-refractivity contribution in [2.75, 3.05) is 24.1 Å². The molecule has 0 radical (unpaired) electrons. The number of pyridine rings is 1. The van der Waals surface area contributed by atoms with Crippen LogP contribution < -0.4 is 11.1 Å². The van der Waals surface area contributed by atoms with E-state index in [-0.39, 0.29) is 23.4 Å². The first-order valence-electron chi connectivity index (χ1n) is 10.6. The SMILES string of the molecule is N=C(c1ccncc1)c1cc(NC(=O)C2CCCN(C(=O)c3ccccc3)C2)ccc1N. The van der Waals surface area contributed by atoms with E-state index in [1.165, 1.54) is 0 Å². The summed E-state index contributed by atoms with van der Waals surface area (Å²) in [5, 5.41) is 11.4. The van der Waals surface area contributed by atoms with Gasteiger partial charge in [0.25, 0.3) is 5.91 Å². The first-order valence-corrected chi connectivity index (χ1v) is 10.6. The van der Waals surface area contributed by atoms with Crippen molar-refractivity contribution in [3.63, 3.8) is 0 Å². The fourth-order valence-electron chi connectivity index (χ4n) is 3.91. The molecule has 0 saturated carbocycles. The number of benzene rings is 2. The molecule has 1 saturated heterocycles.